The first-order valence-corrected chi connectivity index (χ1v) is 13.1. The zero-order chi connectivity index (χ0) is 23.4. The van der Waals surface area contributed by atoms with E-state index in [1.54, 1.807) is 6.33 Å². The molecule has 0 spiro atoms. The third kappa shape index (κ3) is 5.30. The number of nitrogens with zero attached hydrogens (tertiary/aromatic N) is 4. The second kappa shape index (κ2) is 10.5. The van der Waals surface area contributed by atoms with Crippen molar-refractivity contribution in [1.82, 2.24) is 19.7 Å². The van der Waals surface area contributed by atoms with Gasteiger partial charge in [0.15, 0.2) is 5.16 Å². The van der Waals surface area contributed by atoms with E-state index >= 15 is 0 Å². The highest BCUT2D eigenvalue weighted by molar-refractivity contribution is 7.99. The molecule has 1 aliphatic heterocycles. The largest absolute Gasteiger partial charge is 0.339 e. The molecule has 0 aliphatic carbocycles. The van der Waals surface area contributed by atoms with Crippen LogP contribution >= 0.6 is 23.1 Å². The van der Waals surface area contributed by atoms with E-state index < -0.39 is 0 Å². The Balaban J connectivity index is 1.58. The van der Waals surface area contributed by atoms with E-state index in [0.717, 1.165) is 48.4 Å². The molecule has 1 saturated heterocycles. The average molecular weight is 484 g/mol. The number of benzene rings is 1. The zero-order valence-corrected chi connectivity index (χ0v) is 20.8. The van der Waals surface area contributed by atoms with Crippen LogP contribution in [0.2, 0.25) is 0 Å². The number of thioether (sulfide) groups is 1. The fourth-order valence-electron chi connectivity index (χ4n) is 3.96. The van der Waals surface area contributed by atoms with Gasteiger partial charge in [0.1, 0.15) is 11.3 Å². The molecule has 174 valence electrons. The minimum Gasteiger partial charge on any atom is -0.339 e. The molecule has 1 aromatic carbocycles. The Morgan fingerprint density at radius 2 is 1.88 bits per heavy atom. The smallest absolute Gasteiger partial charge is 0.257 e. The Kier molecular flexibility index (Phi) is 7.49. The van der Waals surface area contributed by atoms with Gasteiger partial charge in [-0.25, -0.2) is 0 Å². The summed E-state index contributed by atoms with van der Waals surface area (Å²) >= 11 is 2.82. The number of hydrogen-bond donors (Lipinski definition) is 1. The van der Waals surface area contributed by atoms with Gasteiger partial charge < -0.3 is 14.8 Å². The van der Waals surface area contributed by atoms with Crippen molar-refractivity contribution >= 4 is 39.9 Å². The van der Waals surface area contributed by atoms with E-state index in [1.165, 1.54) is 23.1 Å². The van der Waals surface area contributed by atoms with Gasteiger partial charge in [0.25, 0.3) is 5.91 Å². The fraction of sp³-hybridized carbons (Fsp3) is 0.417. The van der Waals surface area contributed by atoms with Crippen molar-refractivity contribution in [1.29, 1.82) is 0 Å². The van der Waals surface area contributed by atoms with Crippen LogP contribution in [0.3, 0.4) is 0 Å². The lowest BCUT2D eigenvalue weighted by Crippen LogP contribution is -2.36. The number of amides is 2. The van der Waals surface area contributed by atoms with Crippen molar-refractivity contribution in [3.05, 3.63) is 47.8 Å². The third-order valence-electron chi connectivity index (χ3n) is 5.72. The molecule has 0 atom stereocenters. The highest BCUT2D eigenvalue weighted by Crippen LogP contribution is 2.41. The van der Waals surface area contributed by atoms with Gasteiger partial charge in [-0.3, -0.25) is 9.59 Å². The Hall–Kier alpha value is -2.65. The quantitative estimate of drug-likeness (QED) is 0.464. The van der Waals surface area contributed by atoms with E-state index in [4.69, 9.17) is 0 Å². The fourth-order valence-corrected chi connectivity index (χ4v) is 6.03. The van der Waals surface area contributed by atoms with Crippen LogP contribution in [-0.2, 0) is 4.79 Å². The lowest BCUT2D eigenvalue weighted by molar-refractivity contribution is -0.113. The van der Waals surface area contributed by atoms with Crippen LogP contribution in [-0.4, -0.2) is 50.3 Å². The summed E-state index contributed by atoms with van der Waals surface area (Å²) in [6.07, 6.45) is 4.88. The number of hydrogen-bond acceptors (Lipinski definition) is 6. The summed E-state index contributed by atoms with van der Waals surface area (Å²) in [5, 5.41) is 12.4. The van der Waals surface area contributed by atoms with Crippen molar-refractivity contribution in [2.75, 3.05) is 24.2 Å². The van der Waals surface area contributed by atoms with Crippen LogP contribution < -0.4 is 5.32 Å². The minimum absolute atomic E-state index is 0.00753. The molecule has 2 amide bonds. The Morgan fingerprint density at radius 3 is 2.58 bits per heavy atom. The van der Waals surface area contributed by atoms with Crippen LogP contribution in [0.25, 0.3) is 10.4 Å². The summed E-state index contributed by atoms with van der Waals surface area (Å²) in [5.41, 5.74) is 2.58. The molecule has 3 aromatic rings. The van der Waals surface area contributed by atoms with E-state index in [0.29, 0.717) is 15.7 Å². The number of aromatic nitrogens is 3. The van der Waals surface area contributed by atoms with Crippen molar-refractivity contribution < 1.29 is 9.59 Å². The first kappa shape index (κ1) is 23.5. The molecule has 0 radical (unpaired) electrons. The van der Waals surface area contributed by atoms with Crippen molar-refractivity contribution in [2.45, 2.75) is 51.2 Å². The average Bonchev–Trinajstić information content (AvgIpc) is 3.43. The molecule has 3 heterocycles. The number of piperidine rings is 1. The second-order valence-corrected chi connectivity index (χ2v) is 10.4. The topological polar surface area (TPSA) is 80.1 Å². The lowest BCUT2D eigenvalue weighted by atomic mass is 10.0. The number of likely N-dealkylation sites (tertiary alicyclic amines) is 1. The molecule has 4 rings (SSSR count). The van der Waals surface area contributed by atoms with Gasteiger partial charge in [-0.1, -0.05) is 42.1 Å². The predicted octanol–water partition coefficient (Wildman–Crippen LogP) is 5.25. The van der Waals surface area contributed by atoms with Gasteiger partial charge in [0.05, 0.1) is 11.3 Å². The van der Waals surface area contributed by atoms with E-state index in [1.807, 2.05) is 60.6 Å². The maximum Gasteiger partial charge on any atom is 0.257 e. The van der Waals surface area contributed by atoms with Gasteiger partial charge in [-0.05, 0) is 51.2 Å². The molecule has 1 aliphatic rings. The maximum absolute atomic E-state index is 13.5. The maximum atomic E-state index is 13.5. The molecule has 1 fully saturated rings. The van der Waals surface area contributed by atoms with Gasteiger partial charge >= 0.3 is 0 Å². The summed E-state index contributed by atoms with van der Waals surface area (Å²) in [7, 11) is 0. The Bertz CT molecular complexity index is 1120. The SMILES string of the molecule is Cc1c(-c2ccccc2)sc(NC(=O)CSc2nncn2C(C)C)c1C(=O)N1CCCCC1. The summed E-state index contributed by atoms with van der Waals surface area (Å²) in [5.74, 6) is 0.0420. The number of nitrogens with one attached hydrogen (secondary N) is 1. The lowest BCUT2D eigenvalue weighted by Gasteiger charge is -2.27. The molecule has 0 saturated carbocycles. The highest BCUT2D eigenvalue weighted by Gasteiger charge is 2.27. The van der Waals surface area contributed by atoms with Crippen LogP contribution in [0, 0.1) is 6.92 Å². The molecule has 9 heteroatoms. The van der Waals surface area contributed by atoms with E-state index in [2.05, 4.69) is 15.5 Å². The zero-order valence-electron chi connectivity index (χ0n) is 19.2. The highest BCUT2D eigenvalue weighted by atomic mass is 32.2. The van der Waals surface area contributed by atoms with Crippen LogP contribution in [0.15, 0.2) is 41.8 Å². The summed E-state index contributed by atoms with van der Waals surface area (Å²) in [4.78, 5) is 29.3. The van der Waals surface area contributed by atoms with Crippen molar-refractivity contribution in [3.8, 4) is 10.4 Å². The van der Waals surface area contributed by atoms with Crippen LogP contribution in [0.4, 0.5) is 5.00 Å². The van der Waals surface area contributed by atoms with Gasteiger partial charge in [0, 0.05) is 24.0 Å². The third-order valence-corrected chi connectivity index (χ3v) is 7.94. The number of carbonyl (C=O) groups excluding carboxylic acids is 2. The molecule has 2 aromatic heterocycles. The molecule has 0 unspecified atom stereocenters. The van der Waals surface area contributed by atoms with Crippen LogP contribution in [0.5, 0.6) is 0 Å². The first-order chi connectivity index (χ1) is 16.0. The minimum atomic E-state index is -0.160. The van der Waals surface area contributed by atoms with Gasteiger partial charge in [-0.2, -0.15) is 0 Å². The van der Waals surface area contributed by atoms with Crippen LogP contribution in [0.1, 0.15) is 55.1 Å². The normalized spacial score (nSPS) is 14.0. The molecular formula is C24H29N5O2S2. The number of thiophene rings is 1. The molecule has 7 nitrogen and oxygen atoms in total. The molecular weight excluding hydrogens is 454 g/mol. The van der Waals surface area contributed by atoms with Gasteiger partial charge in [0.2, 0.25) is 5.91 Å². The van der Waals surface area contributed by atoms with Crippen molar-refractivity contribution in [2.24, 2.45) is 0 Å². The van der Waals surface area contributed by atoms with Gasteiger partial charge in [-0.15, -0.1) is 21.5 Å². The molecule has 1 N–H and O–H groups in total. The summed E-state index contributed by atoms with van der Waals surface area (Å²) in [6.45, 7) is 7.61. The Labute approximate surface area is 202 Å². The molecule has 33 heavy (non-hydrogen) atoms. The Morgan fingerprint density at radius 1 is 1.15 bits per heavy atom. The molecule has 0 bridgehead atoms. The summed E-state index contributed by atoms with van der Waals surface area (Å²) in [6, 6.07) is 10.2. The monoisotopic (exact) mass is 483 g/mol. The predicted molar refractivity (Wildman–Crippen MR) is 134 cm³/mol. The number of carbonyl (C=O) groups is 2. The standard InChI is InChI=1S/C24H29N5O2S2/c1-16(2)29-15-25-27-24(29)32-14-19(30)26-22-20(23(31)28-12-8-5-9-13-28)17(3)21(33-22)18-10-6-4-7-11-18/h4,6-7,10-11,15-16H,5,8-9,12-14H2,1-3H3,(H,26,30). The second-order valence-electron chi connectivity index (χ2n) is 8.43. The number of rotatable bonds is 7. The van der Waals surface area contributed by atoms with Crippen molar-refractivity contribution in [3.63, 3.8) is 0 Å². The summed E-state index contributed by atoms with van der Waals surface area (Å²) < 4.78 is 1.94. The first-order valence-electron chi connectivity index (χ1n) is 11.3. The van der Waals surface area contributed by atoms with E-state index in [9.17, 15) is 9.59 Å². The van der Waals surface area contributed by atoms with E-state index in [-0.39, 0.29) is 23.6 Å². The number of anilines is 1.